The summed E-state index contributed by atoms with van der Waals surface area (Å²) in [6.07, 6.45) is -3.95. The third-order valence-corrected chi connectivity index (χ3v) is 3.97. The van der Waals surface area contributed by atoms with Gasteiger partial charge in [0.25, 0.3) is 5.91 Å². The zero-order chi connectivity index (χ0) is 18.2. The minimum absolute atomic E-state index is 0.144. The zero-order valence-electron chi connectivity index (χ0n) is 13.5. The molecule has 25 heavy (non-hydrogen) atoms. The van der Waals surface area contributed by atoms with E-state index in [1.165, 1.54) is 18.2 Å². The lowest BCUT2D eigenvalue weighted by Crippen LogP contribution is -2.21. The third kappa shape index (κ3) is 3.76. The number of nitrogens with zero attached hydrogens (tertiary/aromatic N) is 3. The van der Waals surface area contributed by atoms with Gasteiger partial charge in [0.15, 0.2) is 5.69 Å². The molecule has 6 nitrogen and oxygen atoms in total. The summed E-state index contributed by atoms with van der Waals surface area (Å²) in [4.78, 5) is 18.1. The van der Waals surface area contributed by atoms with E-state index in [0.29, 0.717) is 30.2 Å². The van der Waals surface area contributed by atoms with Crippen molar-refractivity contribution in [3.8, 4) is 17.1 Å². The molecule has 0 bridgehead atoms. The maximum atomic E-state index is 12.4. The van der Waals surface area contributed by atoms with Crippen molar-refractivity contribution in [3.05, 3.63) is 35.7 Å². The van der Waals surface area contributed by atoms with Gasteiger partial charge in [-0.2, -0.15) is 0 Å². The van der Waals surface area contributed by atoms with E-state index < -0.39 is 12.3 Å². The predicted octanol–water partition coefficient (Wildman–Crippen LogP) is 2.38. The van der Waals surface area contributed by atoms with Crippen molar-refractivity contribution in [1.29, 1.82) is 0 Å². The van der Waals surface area contributed by atoms with Crippen LogP contribution in [0.5, 0.6) is 5.75 Å². The molecule has 134 valence electrons. The highest BCUT2D eigenvalue weighted by Gasteiger charge is 2.31. The van der Waals surface area contributed by atoms with Crippen molar-refractivity contribution in [2.24, 2.45) is 5.73 Å². The number of ether oxygens (including phenoxy) is 1. The van der Waals surface area contributed by atoms with E-state index in [2.05, 4.69) is 9.72 Å². The molecule has 9 heteroatoms. The molecule has 0 aliphatic carbocycles. The van der Waals surface area contributed by atoms with Crippen molar-refractivity contribution < 1.29 is 22.7 Å². The molecule has 1 amide bonds. The second kappa shape index (κ2) is 6.40. The van der Waals surface area contributed by atoms with Gasteiger partial charge in [0.1, 0.15) is 11.6 Å². The molecule has 0 saturated carbocycles. The standard InChI is InChI=1S/C16H17F3N4O2/c1-22-6-3-7-23-12(9-22)13(14(20)24)21-15(23)10-4-2-5-11(8-10)25-16(17,18)19/h2,4-5,8H,3,6-7,9H2,1H3,(H2,20,24). The van der Waals surface area contributed by atoms with Crippen molar-refractivity contribution >= 4 is 5.91 Å². The third-order valence-electron chi connectivity index (χ3n) is 3.97. The molecule has 1 aliphatic heterocycles. The fraction of sp³-hybridized carbons (Fsp3) is 0.375. The molecule has 3 rings (SSSR count). The number of halogens is 3. The largest absolute Gasteiger partial charge is 0.573 e. The van der Waals surface area contributed by atoms with Crippen LogP contribution in [0.15, 0.2) is 24.3 Å². The Morgan fingerprint density at radius 2 is 2.08 bits per heavy atom. The first-order valence-corrected chi connectivity index (χ1v) is 7.68. The molecule has 2 N–H and O–H groups in total. The van der Waals surface area contributed by atoms with Crippen molar-refractivity contribution in [2.75, 3.05) is 13.6 Å². The van der Waals surface area contributed by atoms with Crippen LogP contribution in [0, 0.1) is 0 Å². The van der Waals surface area contributed by atoms with E-state index in [1.807, 2.05) is 16.5 Å². The number of rotatable bonds is 3. The highest BCUT2D eigenvalue weighted by atomic mass is 19.4. The molecule has 0 unspecified atom stereocenters. The molecule has 0 spiro atoms. The predicted molar refractivity (Wildman–Crippen MR) is 83.8 cm³/mol. The number of imidazole rings is 1. The van der Waals surface area contributed by atoms with Gasteiger partial charge in [-0.05, 0) is 32.1 Å². The molecular formula is C16H17F3N4O2. The number of carbonyl (C=O) groups excluding carboxylic acids is 1. The summed E-state index contributed by atoms with van der Waals surface area (Å²) in [7, 11) is 1.92. The van der Waals surface area contributed by atoms with Crippen LogP contribution in [0.4, 0.5) is 13.2 Å². The van der Waals surface area contributed by atoms with Crippen LogP contribution >= 0.6 is 0 Å². The monoisotopic (exact) mass is 354 g/mol. The van der Waals surface area contributed by atoms with E-state index >= 15 is 0 Å². The molecular weight excluding hydrogens is 337 g/mol. The number of alkyl halides is 3. The number of primary amides is 1. The van der Waals surface area contributed by atoms with Crippen molar-refractivity contribution in [2.45, 2.75) is 25.9 Å². The fourth-order valence-corrected chi connectivity index (χ4v) is 2.97. The van der Waals surface area contributed by atoms with Gasteiger partial charge in [0.2, 0.25) is 0 Å². The molecule has 1 aromatic heterocycles. The Balaban J connectivity index is 2.07. The van der Waals surface area contributed by atoms with Gasteiger partial charge in [-0.15, -0.1) is 13.2 Å². The number of hydrogen-bond donors (Lipinski definition) is 1. The van der Waals surface area contributed by atoms with Crippen LogP contribution in [-0.2, 0) is 13.1 Å². The normalized spacial score (nSPS) is 15.5. The number of hydrogen-bond acceptors (Lipinski definition) is 4. The summed E-state index contributed by atoms with van der Waals surface area (Å²) in [5, 5.41) is 0. The maximum absolute atomic E-state index is 12.4. The van der Waals surface area contributed by atoms with Crippen molar-refractivity contribution in [1.82, 2.24) is 14.5 Å². The van der Waals surface area contributed by atoms with E-state index in [1.54, 1.807) is 6.07 Å². The van der Waals surface area contributed by atoms with E-state index in [4.69, 9.17) is 5.73 Å². The first-order valence-electron chi connectivity index (χ1n) is 7.68. The molecule has 0 fully saturated rings. The Bertz CT molecular complexity index is 801. The molecule has 0 radical (unpaired) electrons. The van der Waals surface area contributed by atoms with Gasteiger partial charge in [0, 0.05) is 18.7 Å². The Morgan fingerprint density at radius 3 is 2.76 bits per heavy atom. The summed E-state index contributed by atoms with van der Waals surface area (Å²) in [6.45, 7) is 1.92. The lowest BCUT2D eigenvalue weighted by atomic mass is 10.2. The lowest BCUT2D eigenvalue weighted by molar-refractivity contribution is -0.274. The minimum Gasteiger partial charge on any atom is -0.406 e. The Labute approximate surface area is 142 Å². The molecule has 2 aromatic rings. The van der Waals surface area contributed by atoms with Crippen LogP contribution in [0.1, 0.15) is 22.6 Å². The number of fused-ring (bicyclic) bond motifs is 1. The van der Waals surface area contributed by atoms with E-state index in [0.717, 1.165) is 13.0 Å². The van der Waals surface area contributed by atoms with Gasteiger partial charge < -0.3 is 19.9 Å². The zero-order valence-corrected chi connectivity index (χ0v) is 13.5. The highest BCUT2D eigenvalue weighted by Crippen LogP contribution is 2.30. The average Bonchev–Trinajstić information content (AvgIpc) is 2.74. The second-order valence-electron chi connectivity index (χ2n) is 5.91. The lowest BCUT2D eigenvalue weighted by Gasteiger charge is -2.12. The van der Waals surface area contributed by atoms with Gasteiger partial charge >= 0.3 is 6.36 Å². The number of nitrogens with two attached hydrogens (primary N) is 1. The average molecular weight is 354 g/mol. The molecule has 1 aromatic carbocycles. The summed E-state index contributed by atoms with van der Waals surface area (Å²) >= 11 is 0. The number of aromatic nitrogens is 2. The molecule has 0 saturated heterocycles. The second-order valence-corrected chi connectivity index (χ2v) is 5.91. The SMILES string of the molecule is CN1CCCn2c(-c3cccc(OC(F)(F)F)c3)nc(C(N)=O)c2C1. The summed E-state index contributed by atoms with van der Waals surface area (Å²) < 4.78 is 43.1. The minimum atomic E-state index is -4.77. The van der Waals surface area contributed by atoms with Gasteiger partial charge in [-0.25, -0.2) is 4.98 Å². The fourth-order valence-electron chi connectivity index (χ4n) is 2.97. The first kappa shape index (κ1) is 17.3. The van der Waals surface area contributed by atoms with Crippen LogP contribution in [0.2, 0.25) is 0 Å². The highest BCUT2D eigenvalue weighted by molar-refractivity contribution is 5.93. The van der Waals surface area contributed by atoms with Gasteiger partial charge in [-0.1, -0.05) is 12.1 Å². The summed E-state index contributed by atoms with van der Waals surface area (Å²) in [5.41, 5.74) is 6.68. The number of carbonyl (C=O) groups is 1. The van der Waals surface area contributed by atoms with E-state index in [-0.39, 0.29) is 11.4 Å². The van der Waals surface area contributed by atoms with Crippen molar-refractivity contribution in [3.63, 3.8) is 0 Å². The molecule has 2 heterocycles. The summed E-state index contributed by atoms with van der Waals surface area (Å²) in [6, 6.07) is 5.54. The topological polar surface area (TPSA) is 73.4 Å². The quantitative estimate of drug-likeness (QED) is 0.919. The number of benzene rings is 1. The Morgan fingerprint density at radius 1 is 1.32 bits per heavy atom. The van der Waals surface area contributed by atoms with Gasteiger partial charge in [0.05, 0.1) is 5.69 Å². The smallest absolute Gasteiger partial charge is 0.406 e. The Kier molecular flexibility index (Phi) is 4.42. The molecule has 0 atom stereocenters. The van der Waals surface area contributed by atoms with E-state index in [9.17, 15) is 18.0 Å². The van der Waals surface area contributed by atoms with Crippen LogP contribution in [0.25, 0.3) is 11.4 Å². The summed E-state index contributed by atoms with van der Waals surface area (Å²) in [5.74, 6) is -0.589. The number of amides is 1. The Hall–Kier alpha value is -2.55. The van der Waals surface area contributed by atoms with Crippen LogP contribution < -0.4 is 10.5 Å². The first-order chi connectivity index (χ1) is 11.7. The molecule has 1 aliphatic rings. The van der Waals surface area contributed by atoms with Crippen LogP contribution in [-0.4, -0.2) is 40.3 Å². The van der Waals surface area contributed by atoms with Gasteiger partial charge in [-0.3, -0.25) is 4.79 Å². The van der Waals surface area contributed by atoms with Crippen LogP contribution in [0.3, 0.4) is 0 Å². The maximum Gasteiger partial charge on any atom is 0.573 e.